The summed E-state index contributed by atoms with van der Waals surface area (Å²) in [5, 5.41) is 2.59. The number of nitrogens with two attached hydrogens (primary N) is 1. The molecule has 1 fully saturated rings. The van der Waals surface area contributed by atoms with E-state index in [-0.39, 0.29) is 19.0 Å². The lowest BCUT2D eigenvalue weighted by Crippen LogP contribution is -2.33. The van der Waals surface area contributed by atoms with Crippen LogP contribution in [0.15, 0.2) is 23.2 Å². The predicted octanol–water partition coefficient (Wildman–Crippen LogP) is 0.710. The van der Waals surface area contributed by atoms with Crippen molar-refractivity contribution in [3.63, 3.8) is 0 Å². The van der Waals surface area contributed by atoms with Gasteiger partial charge in [-0.15, -0.1) is 0 Å². The van der Waals surface area contributed by atoms with Crippen molar-refractivity contribution >= 4 is 29.7 Å². The Kier molecular flexibility index (Phi) is 6.29. The van der Waals surface area contributed by atoms with Crippen LogP contribution >= 0.6 is 0 Å². The number of aliphatic imine (C=N–C) groups is 1. The Morgan fingerprint density at radius 2 is 2.36 bits per heavy atom. The van der Waals surface area contributed by atoms with E-state index in [1.54, 1.807) is 24.1 Å². The summed E-state index contributed by atoms with van der Waals surface area (Å²) in [6.07, 6.45) is 0.454. The molecule has 9 heteroatoms. The van der Waals surface area contributed by atoms with Gasteiger partial charge in [0.05, 0.1) is 30.8 Å². The van der Waals surface area contributed by atoms with Crippen LogP contribution in [0, 0.1) is 5.82 Å². The fourth-order valence-electron chi connectivity index (χ4n) is 2.51. The number of nitrogens with one attached hydrogen (secondary N) is 1. The van der Waals surface area contributed by atoms with Gasteiger partial charge >= 0.3 is 6.09 Å². The van der Waals surface area contributed by atoms with Gasteiger partial charge in [0.1, 0.15) is 11.9 Å². The van der Waals surface area contributed by atoms with Crippen molar-refractivity contribution in [2.75, 3.05) is 43.0 Å². The number of carbonyl (C=O) groups excluding carboxylic acids is 2. The number of hydrogen-bond donors (Lipinski definition) is 2. The molecule has 0 radical (unpaired) electrons. The first-order valence-electron chi connectivity index (χ1n) is 7.87. The molecule has 1 saturated heterocycles. The van der Waals surface area contributed by atoms with Crippen LogP contribution in [-0.2, 0) is 9.53 Å². The smallest absolute Gasteiger partial charge is 0.414 e. The zero-order valence-electron chi connectivity index (χ0n) is 14.2. The van der Waals surface area contributed by atoms with Crippen LogP contribution in [0.5, 0.6) is 0 Å². The van der Waals surface area contributed by atoms with Gasteiger partial charge in [-0.05, 0) is 18.2 Å². The summed E-state index contributed by atoms with van der Waals surface area (Å²) in [4.78, 5) is 29.8. The second-order valence-corrected chi connectivity index (χ2v) is 5.54. The maximum Gasteiger partial charge on any atom is 0.414 e. The molecule has 8 nitrogen and oxygen atoms in total. The van der Waals surface area contributed by atoms with E-state index >= 15 is 0 Å². The monoisotopic (exact) mass is 351 g/mol. The number of benzene rings is 1. The summed E-state index contributed by atoms with van der Waals surface area (Å²) in [6, 6.07) is 4.47. The summed E-state index contributed by atoms with van der Waals surface area (Å²) in [7, 11) is 1.59. The lowest BCUT2D eigenvalue weighted by molar-refractivity contribution is -0.119. The number of ether oxygens (including phenoxy) is 1. The van der Waals surface area contributed by atoms with Crippen molar-refractivity contribution in [3.05, 3.63) is 24.0 Å². The molecule has 0 saturated carbocycles. The third kappa shape index (κ3) is 4.66. The van der Waals surface area contributed by atoms with E-state index in [0.717, 1.165) is 0 Å². The summed E-state index contributed by atoms with van der Waals surface area (Å²) in [5.41, 5.74) is 6.24. The molecule has 0 aliphatic carbocycles. The first kappa shape index (κ1) is 18.7. The minimum absolute atomic E-state index is 0.206. The van der Waals surface area contributed by atoms with Gasteiger partial charge in [-0.3, -0.25) is 14.7 Å². The Hall–Kier alpha value is -2.68. The van der Waals surface area contributed by atoms with Crippen molar-refractivity contribution in [3.8, 4) is 0 Å². The van der Waals surface area contributed by atoms with Crippen LogP contribution in [0.4, 0.5) is 20.6 Å². The quantitative estimate of drug-likeness (QED) is 0.557. The van der Waals surface area contributed by atoms with E-state index in [1.807, 2.05) is 0 Å². The highest BCUT2D eigenvalue weighted by Crippen LogP contribution is 2.27. The van der Waals surface area contributed by atoms with E-state index in [1.165, 1.54) is 24.2 Å². The Labute approximate surface area is 145 Å². The first-order valence-corrected chi connectivity index (χ1v) is 7.87. The molecule has 1 aliphatic rings. The Balaban J connectivity index is 2.14. The van der Waals surface area contributed by atoms with Gasteiger partial charge in [-0.2, -0.15) is 0 Å². The van der Waals surface area contributed by atoms with Crippen LogP contribution < -0.4 is 20.9 Å². The second-order valence-electron chi connectivity index (χ2n) is 5.54. The molecule has 1 atom stereocenters. The molecule has 1 unspecified atom stereocenters. The topological polar surface area (TPSA) is 100 Å². The van der Waals surface area contributed by atoms with Gasteiger partial charge in [0.15, 0.2) is 0 Å². The molecule has 136 valence electrons. The van der Waals surface area contributed by atoms with Gasteiger partial charge in [0.25, 0.3) is 0 Å². The summed E-state index contributed by atoms with van der Waals surface area (Å²) >= 11 is 0. The van der Waals surface area contributed by atoms with Crippen molar-refractivity contribution in [2.24, 2.45) is 10.7 Å². The maximum atomic E-state index is 14.5. The van der Waals surface area contributed by atoms with Crippen LogP contribution in [0.25, 0.3) is 0 Å². The zero-order valence-corrected chi connectivity index (χ0v) is 14.2. The number of hydrogen-bond acceptors (Lipinski definition) is 5. The Morgan fingerprint density at radius 1 is 1.60 bits per heavy atom. The van der Waals surface area contributed by atoms with Gasteiger partial charge in [-0.1, -0.05) is 0 Å². The van der Waals surface area contributed by atoms with Crippen LogP contribution in [0.3, 0.4) is 0 Å². The molecule has 0 bridgehead atoms. The van der Waals surface area contributed by atoms with E-state index in [2.05, 4.69) is 10.3 Å². The molecule has 1 aromatic carbocycles. The standard InChI is InChI=1S/C16H22FN5O3/c1-11(23)20-8-13-9-22(16(24)25-13)12-3-4-15(14(17)7-12)21(6-5-18)10-19-2/h3-4,7,10,13H,5-6,8-9,18H2,1-2H3,(H,20,23). The second kappa shape index (κ2) is 8.43. The zero-order chi connectivity index (χ0) is 18.4. The van der Waals surface area contributed by atoms with E-state index < -0.39 is 18.0 Å². The normalized spacial score (nSPS) is 17.0. The lowest BCUT2D eigenvalue weighted by atomic mass is 10.2. The summed E-state index contributed by atoms with van der Waals surface area (Å²) < 4.78 is 19.7. The molecule has 2 rings (SSSR count). The average molecular weight is 351 g/mol. The van der Waals surface area contributed by atoms with E-state index in [4.69, 9.17) is 10.5 Å². The number of rotatable bonds is 7. The van der Waals surface area contributed by atoms with Crippen molar-refractivity contribution in [2.45, 2.75) is 13.0 Å². The van der Waals surface area contributed by atoms with Gasteiger partial charge < -0.3 is 20.7 Å². The number of anilines is 2. The number of nitrogens with zero attached hydrogens (tertiary/aromatic N) is 3. The molecule has 1 heterocycles. The Morgan fingerprint density at radius 3 is 2.96 bits per heavy atom. The summed E-state index contributed by atoms with van der Waals surface area (Å²) in [6.45, 7) is 2.60. The van der Waals surface area contributed by atoms with Gasteiger partial charge in [0, 0.05) is 27.1 Å². The highest BCUT2D eigenvalue weighted by molar-refractivity contribution is 5.90. The van der Waals surface area contributed by atoms with Crippen molar-refractivity contribution in [1.29, 1.82) is 0 Å². The molecular weight excluding hydrogens is 329 g/mol. The van der Waals surface area contributed by atoms with Crippen molar-refractivity contribution < 1.29 is 18.7 Å². The van der Waals surface area contributed by atoms with Gasteiger partial charge in [-0.25, -0.2) is 9.18 Å². The SMILES string of the molecule is CN=CN(CCN)c1ccc(N2CC(CNC(C)=O)OC2=O)cc1F. The number of carbonyl (C=O) groups is 2. The molecule has 3 N–H and O–H groups in total. The predicted molar refractivity (Wildman–Crippen MR) is 93.5 cm³/mol. The lowest BCUT2D eigenvalue weighted by Gasteiger charge is -2.21. The highest BCUT2D eigenvalue weighted by Gasteiger charge is 2.32. The fourth-order valence-corrected chi connectivity index (χ4v) is 2.51. The largest absolute Gasteiger partial charge is 0.442 e. The number of cyclic esters (lactones) is 1. The molecular formula is C16H22FN5O3. The minimum atomic E-state index is -0.573. The van der Waals surface area contributed by atoms with Crippen molar-refractivity contribution in [1.82, 2.24) is 5.32 Å². The third-order valence-electron chi connectivity index (χ3n) is 3.63. The molecule has 2 amide bonds. The Bertz CT molecular complexity index is 667. The third-order valence-corrected chi connectivity index (χ3v) is 3.63. The number of amides is 2. The average Bonchev–Trinajstić information content (AvgIpc) is 2.94. The molecule has 0 spiro atoms. The number of halogens is 1. The highest BCUT2D eigenvalue weighted by atomic mass is 19.1. The fraction of sp³-hybridized carbons (Fsp3) is 0.438. The first-order chi connectivity index (χ1) is 12.0. The van der Waals surface area contributed by atoms with E-state index in [9.17, 15) is 14.0 Å². The minimum Gasteiger partial charge on any atom is -0.442 e. The molecule has 0 aromatic heterocycles. The van der Waals surface area contributed by atoms with Crippen LogP contribution in [0.1, 0.15) is 6.92 Å². The molecule has 1 aliphatic heterocycles. The molecule has 1 aromatic rings. The van der Waals surface area contributed by atoms with E-state index in [0.29, 0.717) is 24.5 Å². The maximum absolute atomic E-state index is 14.5. The summed E-state index contributed by atoms with van der Waals surface area (Å²) in [5.74, 6) is -0.702. The van der Waals surface area contributed by atoms with Crippen LogP contribution in [-0.4, -0.2) is 57.7 Å². The molecule has 25 heavy (non-hydrogen) atoms. The van der Waals surface area contributed by atoms with Crippen LogP contribution in [0.2, 0.25) is 0 Å². The van der Waals surface area contributed by atoms with Gasteiger partial charge in [0.2, 0.25) is 5.91 Å².